The van der Waals surface area contributed by atoms with Gasteiger partial charge in [-0.1, -0.05) is 0 Å². The van der Waals surface area contributed by atoms with Crippen molar-refractivity contribution in [2.24, 2.45) is 0 Å². The van der Waals surface area contributed by atoms with Gasteiger partial charge in [0.05, 0.1) is 12.6 Å². The predicted molar refractivity (Wildman–Crippen MR) is 51.9 cm³/mol. The van der Waals surface area contributed by atoms with Gasteiger partial charge in [-0.3, -0.25) is 4.79 Å². The number of aliphatic hydroxyl groups is 1. The van der Waals surface area contributed by atoms with E-state index in [0.29, 0.717) is 26.2 Å². The standard InChI is InChI=1S/C9H18N2O3/c1-3-14-8-6-11(5-7(8)12)9(13)4-10-2/h7-8,10,12H,3-6H2,1-2H3/t7-,8-/m1/s1. The molecule has 0 saturated carbocycles. The van der Waals surface area contributed by atoms with Gasteiger partial charge in [-0.05, 0) is 14.0 Å². The summed E-state index contributed by atoms with van der Waals surface area (Å²) in [6.45, 7) is 3.63. The molecule has 5 heteroatoms. The minimum absolute atomic E-state index is 0.00810. The van der Waals surface area contributed by atoms with Gasteiger partial charge in [0.25, 0.3) is 0 Å². The molecule has 2 N–H and O–H groups in total. The third kappa shape index (κ3) is 2.67. The maximum Gasteiger partial charge on any atom is 0.236 e. The topological polar surface area (TPSA) is 61.8 Å². The van der Waals surface area contributed by atoms with Crippen LogP contribution in [0.2, 0.25) is 0 Å². The average Bonchev–Trinajstić information content (AvgIpc) is 2.49. The van der Waals surface area contributed by atoms with Crippen molar-refractivity contribution in [2.75, 3.05) is 33.3 Å². The Kier molecular flexibility index (Phi) is 4.31. The molecule has 0 spiro atoms. The third-order valence-electron chi connectivity index (χ3n) is 2.30. The van der Waals surface area contributed by atoms with Crippen molar-refractivity contribution in [2.45, 2.75) is 19.1 Å². The molecule has 1 heterocycles. The van der Waals surface area contributed by atoms with Crippen molar-refractivity contribution in [1.29, 1.82) is 0 Å². The number of likely N-dealkylation sites (N-methyl/N-ethyl adjacent to an activating group) is 1. The molecule has 14 heavy (non-hydrogen) atoms. The highest BCUT2D eigenvalue weighted by molar-refractivity contribution is 5.78. The lowest BCUT2D eigenvalue weighted by Crippen LogP contribution is -2.36. The summed E-state index contributed by atoms with van der Waals surface area (Å²) in [6.07, 6.45) is -0.767. The molecule has 0 aromatic carbocycles. The molecule has 0 bridgehead atoms. The van der Waals surface area contributed by atoms with Crippen LogP contribution in [-0.2, 0) is 9.53 Å². The highest BCUT2D eigenvalue weighted by Gasteiger charge is 2.33. The van der Waals surface area contributed by atoms with E-state index in [0.717, 1.165) is 0 Å². The van der Waals surface area contributed by atoms with E-state index in [1.807, 2.05) is 6.92 Å². The van der Waals surface area contributed by atoms with Gasteiger partial charge in [0, 0.05) is 19.7 Å². The van der Waals surface area contributed by atoms with E-state index < -0.39 is 6.10 Å². The highest BCUT2D eigenvalue weighted by Crippen LogP contribution is 2.13. The Labute approximate surface area is 84.0 Å². The molecule has 1 amide bonds. The number of nitrogens with zero attached hydrogens (tertiary/aromatic N) is 1. The zero-order valence-electron chi connectivity index (χ0n) is 8.69. The van der Waals surface area contributed by atoms with Crippen molar-refractivity contribution in [3.63, 3.8) is 0 Å². The van der Waals surface area contributed by atoms with Gasteiger partial charge in [0.2, 0.25) is 5.91 Å². The monoisotopic (exact) mass is 202 g/mol. The fourth-order valence-corrected chi connectivity index (χ4v) is 1.60. The molecular formula is C9H18N2O3. The molecule has 1 aliphatic rings. The van der Waals surface area contributed by atoms with E-state index in [1.54, 1.807) is 11.9 Å². The Bertz CT molecular complexity index is 198. The summed E-state index contributed by atoms with van der Waals surface area (Å²) >= 11 is 0. The Morgan fingerprint density at radius 1 is 1.64 bits per heavy atom. The van der Waals surface area contributed by atoms with Crippen LogP contribution in [0.25, 0.3) is 0 Å². The van der Waals surface area contributed by atoms with E-state index in [1.165, 1.54) is 0 Å². The SMILES string of the molecule is CCO[C@@H]1CN(C(=O)CNC)C[C@H]1O. The number of likely N-dealkylation sites (tertiary alicyclic amines) is 1. The summed E-state index contributed by atoms with van der Waals surface area (Å²) in [6, 6.07) is 0. The lowest BCUT2D eigenvalue weighted by atomic mass is 10.3. The summed E-state index contributed by atoms with van der Waals surface area (Å²) in [5.41, 5.74) is 0. The van der Waals surface area contributed by atoms with Crippen LogP contribution < -0.4 is 5.32 Å². The first-order valence-electron chi connectivity index (χ1n) is 4.91. The van der Waals surface area contributed by atoms with Crippen LogP contribution in [0.3, 0.4) is 0 Å². The lowest BCUT2D eigenvalue weighted by Gasteiger charge is -2.15. The average molecular weight is 202 g/mol. The van der Waals surface area contributed by atoms with Crippen LogP contribution >= 0.6 is 0 Å². The molecule has 2 atom stereocenters. The molecule has 1 fully saturated rings. The van der Waals surface area contributed by atoms with Crippen LogP contribution in [0.15, 0.2) is 0 Å². The van der Waals surface area contributed by atoms with Gasteiger partial charge >= 0.3 is 0 Å². The molecular weight excluding hydrogens is 184 g/mol. The number of ether oxygens (including phenoxy) is 1. The first kappa shape index (κ1) is 11.4. The van der Waals surface area contributed by atoms with Crippen molar-refractivity contribution in [3.05, 3.63) is 0 Å². The maximum atomic E-state index is 11.4. The largest absolute Gasteiger partial charge is 0.388 e. The van der Waals surface area contributed by atoms with Crippen molar-refractivity contribution < 1.29 is 14.6 Å². The van der Waals surface area contributed by atoms with E-state index in [2.05, 4.69) is 5.32 Å². The molecule has 1 rings (SSSR count). The van der Waals surface area contributed by atoms with Crippen LogP contribution in [0, 0.1) is 0 Å². The molecule has 82 valence electrons. The minimum Gasteiger partial charge on any atom is -0.388 e. The zero-order valence-corrected chi connectivity index (χ0v) is 8.69. The predicted octanol–water partition coefficient (Wildman–Crippen LogP) is -1.19. The molecule has 0 aromatic heterocycles. The molecule has 1 saturated heterocycles. The van der Waals surface area contributed by atoms with Crippen molar-refractivity contribution >= 4 is 5.91 Å². The maximum absolute atomic E-state index is 11.4. The van der Waals surface area contributed by atoms with E-state index in [9.17, 15) is 9.90 Å². The number of carbonyl (C=O) groups is 1. The summed E-state index contributed by atoms with van der Waals surface area (Å²) in [5, 5.41) is 12.4. The van der Waals surface area contributed by atoms with Gasteiger partial charge in [-0.25, -0.2) is 0 Å². The number of amides is 1. The first-order valence-corrected chi connectivity index (χ1v) is 4.91. The molecule has 5 nitrogen and oxygen atoms in total. The zero-order chi connectivity index (χ0) is 10.6. The van der Waals surface area contributed by atoms with Crippen LogP contribution in [0.1, 0.15) is 6.92 Å². The first-order chi connectivity index (χ1) is 6.69. The molecule has 0 aromatic rings. The van der Waals surface area contributed by atoms with Crippen molar-refractivity contribution in [1.82, 2.24) is 10.2 Å². The van der Waals surface area contributed by atoms with E-state index in [-0.39, 0.29) is 12.0 Å². The Balaban J connectivity index is 2.41. The van der Waals surface area contributed by atoms with Gasteiger partial charge in [0.15, 0.2) is 0 Å². The lowest BCUT2D eigenvalue weighted by molar-refractivity contribution is -0.129. The molecule has 0 unspecified atom stereocenters. The van der Waals surface area contributed by atoms with Gasteiger partial charge < -0.3 is 20.1 Å². The van der Waals surface area contributed by atoms with Gasteiger partial charge in [-0.15, -0.1) is 0 Å². The molecule has 0 aliphatic carbocycles. The second-order valence-corrected chi connectivity index (χ2v) is 3.39. The Morgan fingerprint density at radius 2 is 2.36 bits per heavy atom. The van der Waals surface area contributed by atoms with Crippen LogP contribution in [-0.4, -0.2) is 61.4 Å². The minimum atomic E-state index is -0.546. The van der Waals surface area contributed by atoms with E-state index in [4.69, 9.17) is 4.74 Å². The number of rotatable bonds is 4. The van der Waals surface area contributed by atoms with E-state index >= 15 is 0 Å². The second-order valence-electron chi connectivity index (χ2n) is 3.39. The summed E-state index contributed by atoms with van der Waals surface area (Å²) in [7, 11) is 1.73. The number of carbonyl (C=O) groups excluding carboxylic acids is 1. The van der Waals surface area contributed by atoms with Crippen LogP contribution in [0.5, 0.6) is 0 Å². The fourth-order valence-electron chi connectivity index (χ4n) is 1.60. The molecule has 0 radical (unpaired) electrons. The van der Waals surface area contributed by atoms with Gasteiger partial charge in [0.1, 0.15) is 6.10 Å². The molecule has 1 aliphatic heterocycles. The number of aliphatic hydroxyl groups excluding tert-OH is 1. The summed E-state index contributed by atoms with van der Waals surface area (Å²) in [5.74, 6) is 0.00810. The quantitative estimate of drug-likeness (QED) is 0.602. The number of β-amino-alcohol motifs (C(OH)–C–C–N with tert-alkyl or cyclic N) is 1. The normalized spacial score (nSPS) is 26.9. The summed E-state index contributed by atoms with van der Waals surface area (Å²) < 4.78 is 5.31. The number of nitrogens with one attached hydrogen (secondary N) is 1. The van der Waals surface area contributed by atoms with Crippen molar-refractivity contribution in [3.8, 4) is 0 Å². The summed E-state index contributed by atoms with van der Waals surface area (Å²) in [4.78, 5) is 13.1. The second kappa shape index (κ2) is 5.29. The smallest absolute Gasteiger partial charge is 0.236 e. The highest BCUT2D eigenvalue weighted by atomic mass is 16.5. The third-order valence-corrected chi connectivity index (χ3v) is 2.30. The Morgan fingerprint density at radius 3 is 2.93 bits per heavy atom. The fraction of sp³-hybridized carbons (Fsp3) is 0.889. The Hall–Kier alpha value is -0.650. The number of hydrogen-bond donors (Lipinski definition) is 2. The van der Waals surface area contributed by atoms with Crippen LogP contribution in [0.4, 0.5) is 0 Å². The van der Waals surface area contributed by atoms with Gasteiger partial charge in [-0.2, -0.15) is 0 Å². The number of hydrogen-bond acceptors (Lipinski definition) is 4.